The summed E-state index contributed by atoms with van der Waals surface area (Å²) >= 11 is 6.18. The second kappa shape index (κ2) is 6.72. The number of benzene rings is 1. The lowest BCUT2D eigenvalue weighted by Crippen LogP contribution is -2.24. The molecule has 0 unspecified atom stereocenters. The smallest absolute Gasteiger partial charge is 0.227 e. The number of aliphatic hydroxyl groups excluding tert-OH is 1. The van der Waals surface area contributed by atoms with E-state index in [2.05, 4.69) is 5.32 Å². The minimum atomic E-state index is -0.167. The number of hydrogen-bond acceptors (Lipinski definition) is 3. The maximum atomic E-state index is 11.7. The lowest BCUT2D eigenvalue weighted by Gasteiger charge is -2.18. The van der Waals surface area contributed by atoms with Crippen molar-refractivity contribution in [2.45, 2.75) is 25.7 Å². The van der Waals surface area contributed by atoms with Crippen LogP contribution in [0.25, 0.3) is 0 Å². The molecule has 6 heteroatoms. The summed E-state index contributed by atoms with van der Waals surface area (Å²) in [5.74, 6) is -0.0910. The summed E-state index contributed by atoms with van der Waals surface area (Å²) in [6, 6.07) is 5.11. The normalized spacial score (nSPS) is 14.7. The number of nitrogens with one attached hydrogen (secondary N) is 1. The first-order valence-electron chi connectivity index (χ1n) is 6.62. The molecule has 0 aromatic heterocycles. The monoisotopic (exact) mass is 296 g/mol. The van der Waals surface area contributed by atoms with Crippen LogP contribution in [-0.2, 0) is 9.59 Å². The number of anilines is 2. The highest BCUT2D eigenvalue weighted by Crippen LogP contribution is 2.31. The third-order valence-electron chi connectivity index (χ3n) is 3.16. The highest BCUT2D eigenvalue weighted by atomic mass is 35.5. The predicted octanol–water partition coefficient (Wildman–Crippen LogP) is 2.18. The largest absolute Gasteiger partial charge is 0.396 e. The van der Waals surface area contributed by atoms with Crippen molar-refractivity contribution in [2.75, 3.05) is 23.4 Å². The van der Waals surface area contributed by atoms with Gasteiger partial charge in [-0.1, -0.05) is 11.6 Å². The molecule has 0 aliphatic carbocycles. The molecule has 0 spiro atoms. The number of rotatable bonds is 5. The van der Waals surface area contributed by atoms with E-state index in [1.807, 2.05) is 0 Å². The fourth-order valence-electron chi connectivity index (χ4n) is 2.17. The molecular formula is C14H17ClN2O3. The molecule has 20 heavy (non-hydrogen) atoms. The Labute approximate surface area is 122 Å². The molecule has 5 nitrogen and oxygen atoms in total. The summed E-state index contributed by atoms with van der Waals surface area (Å²) in [6.07, 6.45) is 2.09. The lowest BCUT2D eigenvalue weighted by atomic mass is 10.2. The Morgan fingerprint density at radius 2 is 2.25 bits per heavy atom. The number of halogens is 1. The van der Waals surface area contributed by atoms with E-state index in [9.17, 15) is 9.59 Å². The van der Waals surface area contributed by atoms with Crippen molar-refractivity contribution < 1.29 is 14.7 Å². The van der Waals surface area contributed by atoms with E-state index in [4.69, 9.17) is 16.7 Å². The van der Waals surface area contributed by atoms with Gasteiger partial charge in [-0.15, -0.1) is 0 Å². The van der Waals surface area contributed by atoms with Crippen LogP contribution in [0.5, 0.6) is 0 Å². The molecule has 1 aliphatic heterocycles. The molecule has 2 N–H and O–H groups in total. The maximum absolute atomic E-state index is 11.7. The van der Waals surface area contributed by atoms with E-state index in [1.54, 1.807) is 23.1 Å². The first-order valence-corrected chi connectivity index (χ1v) is 7.00. The molecule has 108 valence electrons. The standard InChI is InChI=1S/C14H17ClN2O3/c15-11-9-10(16-13(19)3-2-8-18)5-6-12(11)17-7-1-4-14(17)20/h5-6,9,18H,1-4,7-8H2,(H,16,19). The molecule has 1 aromatic carbocycles. The molecule has 2 amide bonds. The zero-order chi connectivity index (χ0) is 14.5. The van der Waals surface area contributed by atoms with Crippen LogP contribution in [0.3, 0.4) is 0 Å². The van der Waals surface area contributed by atoms with Crippen molar-refractivity contribution in [3.8, 4) is 0 Å². The van der Waals surface area contributed by atoms with Crippen LogP contribution >= 0.6 is 11.6 Å². The van der Waals surface area contributed by atoms with Gasteiger partial charge in [-0.3, -0.25) is 9.59 Å². The number of hydrogen-bond donors (Lipinski definition) is 2. The van der Waals surface area contributed by atoms with Crippen LogP contribution < -0.4 is 10.2 Å². The molecule has 1 aromatic rings. The maximum Gasteiger partial charge on any atom is 0.227 e. The van der Waals surface area contributed by atoms with Gasteiger partial charge in [0.05, 0.1) is 10.7 Å². The van der Waals surface area contributed by atoms with Gasteiger partial charge in [-0.25, -0.2) is 0 Å². The van der Waals surface area contributed by atoms with Crippen LogP contribution in [0.2, 0.25) is 5.02 Å². The SMILES string of the molecule is O=C(CCCO)Nc1ccc(N2CCCC2=O)c(Cl)c1. The van der Waals surface area contributed by atoms with Gasteiger partial charge in [0, 0.05) is 31.7 Å². The molecule has 2 rings (SSSR count). The fourth-order valence-corrected chi connectivity index (χ4v) is 2.45. The summed E-state index contributed by atoms with van der Waals surface area (Å²) in [6.45, 7) is 0.672. The third-order valence-corrected chi connectivity index (χ3v) is 3.46. The average Bonchev–Trinajstić information content (AvgIpc) is 2.83. The van der Waals surface area contributed by atoms with E-state index in [-0.39, 0.29) is 24.8 Å². The Hall–Kier alpha value is -1.59. The van der Waals surface area contributed by atoms with Crippen LogP contribution in [0.1, 0.15) is 25.7 Å². The van der Waals surface area contributed by atoms with Crippen LogP contribution in [0.4, 0.5) is 11.4 Å². The van der Waals surface area contributed by atoms with E-state index < -0.39 is 0 Å². The Morgan fingerprint density at radius 3 is 2.85 bits per heavy atom. The molecule has 0 atom stereocenters. The zero-order valence-corrected chi connectivity index (χ0v) is 11.8. The summed E-state index contributed by atoms with van der Waals surface area (Å²) < 4.78 is 0. The van der Waals surface area contributed by atoms with E-state index in [0.29, 0.717) is 35.8 Å². The van der Waals surface area contributed by atoms with Gasteiger partial charge in [-0.05, 0) is 31.0 Å². The lowest BCUT2D eigenvalue weighted by molar-refractivity contribution is -0.117. The summed E-state index contributed by atoms with van der Waals surface area (Å²) in [5, 5.41) is 11.8. The Kier molecular flexibility index (Phi) is 4.98. The molecule has 0 saturated carbocycles. The molecular weight excluding hydrogens is 280 g/mol. The van der Waals surface area contributed by atoms with Crippen molar-refractivity contribution >= 4 is 34.8 Å². The Morgan fingerprint density at radius 1 is 1.45 bits per heavy atom. The quantitative estimate of drug-likeness (QED) is 0.875. The van der Waals surface area contributed by atoms with Crippen LogP contribution in [0.15, 0.2) is 18.2 Å². The Balaban J connectivity index is 2.06. The predicted molar refractivity (Wildman–Crippen MR) is 78.0 cm³/mol. The third kappa shape index (κ3) is 3.49. The Bertz CT molecular complexity index is 519. The van der Waals surface area contributed by atoms with Crippen molar-refractivity contribution in [3.63, 3.8) is 0 Å². The van der Waals surface area contributed by atoms with Gasteiger partial charge in [0.15, 0.2) is 0 Å². The molecule has 1 aliphatic rings. The average molecular weight is 297 g/mol. The summed E-state index contributed by atoms with van der Waals surface area (Å²) in [7, 11) is 0. The number of carbonyl (C=O) groups is 2. The van der Waals surface area contributed by atoms with Gasteiger partial charge < -0.3 is 15.3 Å². The van der Waals surface area contributed by atoms with E-state index in [0.717, 1.165) is 6.42 Å². The zero-order valence-electron chi connectivity index (χ0n) is 11.1. The summed E-state index contributed by atoms with van der Waals surface area (Å²) in [4.78, 5) is 24.9. The van der Waals surface area contributed by atoms with Gasteiger partial charge in [-0.2, -0.15) is 0 Å². The highest BCUT2D eigenvalue weighted by Gasteiger charge is 2.23. The number of aliphatic hydroxyl groups is 1. The topological polar surface area (TPSA) is 69.6 Å². The number of carbonyl (C=O) groups excluding carboxylic acids is 2. The van der Waals surface area contributed by atoms with Crippen molar-refractivity contribution in [1.29, 1.82) is 0 Å². The van der Waals surface area contributed by atoms with Crippen molar-refractivity contribution in [3.05, 3.63) is 23.2 Å². The number of amides is 2. The number of nitrogens with zero attached hydrogens (tertiary/aromatic N) is 1. The van der Waals surface area contributed by atoms with Crippen molar-refractivity contribution in [2.24, 2.45) is 0 Å². The van der Waals surface area contributed by atoms with E-state index in [1.165, 1.54) is 0 Å². The molecule has 0 radical (unpaired) electrons. The van der Waals surface area contributed by atoms with E-state index >= 15 is 0 Å². The first kappa shape index (κ1) is 14.8. The summed E-state index contributed by atoms with van der Waals surface area (Å²) in [5.41, 5.74) is 1.27. The van der Waals surface area contributed by atoms with Gasteiger partial charge >= 0.3 is 0 Å². The first-order chi connectivity index (χ1) is 9.61. The second-order valence-corrected chi connectivity index (χ2v) is 5.10. The van der Waals surface area contributed by atoms with Crippen LogP contribution in [0, 0.1) is 0 Å². The van der Waals surface area contributed by atoms with Gasteiger partial charge in [0.1, 0.15) is 0 Å². The molecule has 1 fully saturated rings. The van der Waals surface area contributed by atoms with Gasteiger partial charge in [0.2, 0.25) is 11.8 Å². The second-order valence-electron chi connectivity index (χ2n) is 4.69. The van der Waals surface area contributed by atoms with Gasteiger partial charge in [0.25, 0.3) is 0 Å². The minimum Gasteiger partial charge on any atom is -0.396 e. The van der Waals surface area contributed by atoms with Crippen LogP contribution in [-0.4, -0.2) is 30.1 Å². The molecule has 1 heterocycles. The van der Waals surface area contributed by atoms with Crippen molar-refractivity contribution in [1.82, 2.24) is 0 Å². The highest BCUT2D eigenvalue weighted by molar-refractivity contribution is 6.34. The molecule has 0 bridgehead atoms. The minimum absolute atomic E-state index is 0.00974. The molecule has 1 saturated heterocycles. The fraction of sp³-hybridized carbons (Fsp3) is 0.429.